The van der Waals surface area contributed by atoms with Crippen LogP contribution in [-0.4, -0.2) is 29.3 Å². The van der Waals surface area contributed by atoms with Gasteiger partial charge >= 0.3 is 12.3 Å². The number of aromatic nitrogens is 1. The summed E-state index contributed by atoms with van der Waals surface area (Å²) in [7, 11) is 0. The van der Waals surface area contributed by atoms with Crippen LogP contribution in [-0.2, 0) is 17.3 Å². The first-order valence-electron chi connectivity index (χ1n) is 9.43. The Labute approximate surface area is 192 Å². The fraction of sp³-hybridized carbons (Fsp3) is 0.429. The summed E-state index contributed by atoms with van der Waals surface area (Å²) in [6, 6.07) is 6.08. The zero-order valence-corrected chi connectivity index (χ0v) is 19.6. The van der Waals surface area contributed by atoms with Crippen molar-refractivity contribution < 1.29 is 27.4 Å². The zero-order valence-electron chi connectivity index (χ0n) is 17.2. The summed E-state index contributed by atoms with van der Waals surface area (Å²) in [5.41, 5.74) is -0.761. The number of ether oxygens (including phenoxy) is 2. The number of benzene rings is 1. The Hall–Kier alpha value is -2.00. The highest BCUT2D eigenvalue weighted by Gasteiger charge is 2.30. The number of carbonyl (C=O) groups is 1. The van der Waals surface area contributed by atoms with Crippen molar-refractivity contribution in [2.75, 3.05) is 6.61 Å². The van der Waals surface area contributed by atoms with Gasteiger partial charge in [-0.2, -0.15) is 13.2 Å². The molecular weight excluding hydrogens is 501 g/mol. The number of rotatable bonds is 7. The van der Waals surface area contributed by atoms with Gasteiger partial charge in [0.2, 0.25) is 0 Å². The molecule has 0 saturated carbocycles. The molecule has 0 saturated heterocycles. The third-order valence-electron chi connectivity index (χ3n) is 3.99. The SMILES string of the molecule is CC(C)(C)OC(=O)NC(CCOc1cnc(Cl)c(Br)c1)Cc1ccc(C(F)(F)F)cc1. The molecule has 1 unspecified atom stereocenters. The molecule has 0 aliphatic carbocycles. The molecular formula is C21H23BrClF3N2O3. The van der Waals surface area contributed by atoms with Crippen molar-refractivity contribution in [1.29, 1.82) is 0 Å². The fourth-order valence-corrected chi connectivity index (χ4v) is 3.05. The number of hydrogen-bond donors (Lipinski definition) is 1. The quantitative estimate of drug-likeness (QED) is 0.425. The summed E-state index contributed by atoms with van der Waals surface area (Å²) in [4.78, 5) is 16.2. The Morgan fingerprint density at radius 1 is 1.23 bits per heavy atom. The summed E-state index contributed by atoms with van der Waals surface area (Å²) in [6.07, 6.45) is -2.84. The molecule has 0 radical (unpaired) electrons. The van der Waals surface area contributed by atoms with E-state index in [4.69, 9.17) is 21.1 Å². The van der Waals surface area contributed by atoms with Crippen LogP contribution in [0.5, 0.6) is 5.75 Å². The minimum atomic E-state index is -4.40. The minimum Gasteiger partial charge on any atom is -0.492 e. The molecule has 170 valence electrons. The van der Waals surface area contributed by atoms with Crippen LogP contribution in [0.1, 0.15) is 38.3 Å². The first kappa shape index (κ1) is 25.3. The fourth-order valence-electron chi connectivity index (χ4n) is 2.62. The summed E-state index contributed by atoms with van der Waals surface area (Å²) in [5, 5.41) is 3.07. The second-order valence-corrected chi connectivity index (χ2v) is 9.04. The summed E-state index contributed by atoms with van der Waals surface area (Å²) in [6.45, 7) is 5.46. The number of alkyl carbamates (subject to hydrolysis) is 1. The van der Waals surface area contributed by atoms with Crippen molar-refractivity contribution in [1.82, 2.24) is 10.3 Å². The number of nitrogens with one attached hydrogen (secondary N) is 1. The van der Waals surface area contributed by atoms with Gasteiger partial charge in [0, 0.05) is 12.5 Å². The maximum absolute atomic E-state index is 12.8. The van der Waals surface area contributed by atoms with E-state index in [0.717, 1.165) is 12.1 Å². The number of carbonyl (C=O) groups excluding carboxylic acids is 1. The van der Waals surface area contributed by atoms with Gasteiger partial charge in [-0.15, -0.1) is 0 Å². The molecule has 0 bridgehead atoms. The van der Waals surface area contributed by atoms with Crippen LogP contribution in [0.3, 0.4) is 0 Å². The van der Waals surface area contributed by atoms with Crippen LogP contribution >= 0.6 is 27.5 Å². The molecule has 1 aromatic heterocycles. The van der Waals surface area contributed by atoms with E-state index in [9.17, 15) is 18.0 Å². The molecule has 5 nitrogen and oxygen atoms in total. The van der Waals surface area contributed by atoms with Crippen LogP contribution < -0.4 is 10.1 Å². The highest BCUT2D eigenvalue weighted by atomic mass is 79.9. The third kappa shape index (κ3) is 8.95. The van der Waals surface area contributed by atoms with Crippen molar-refractivity contribution in [2.45, 2.75) is 51.4 Å². The lowest BCUT2D eigenvalue weighted by molar-refractivity contribution is -0.137. The normalized spacial score (nSPS) is 12.9. The van der Waals surface area contributed by atoms with E-state index in [1.54, 1.807) is 26.8 Å². The molecule has 31 heavy (non-hydrogen) atoms. The lowest BCUT2D eigenvalue weighted by Crippen LogP contribution is -2.41. The van der Waals surface area contributed by atoms with E-state index < -0.39 is 29.5 Å². The number of hydrogen-bond acceptors (Lipinski definition) is 4. The number of nitrogens with zero attached hydrogens (tertiary/aromatic N) is 1. The minimum absolute atomic E-state index is 0.233. The highest BCUT2D eigenvalue weighted by molar-refractivity contribution is 9.10. The predicted octanol–water partition coefficient (Wildman–Crippen LogP) is 6.42. The van der Waals surface area contributed by atoms with E-state index >= 15 is 0 Å². The summed E-state index contributed by atoms with van der Waals surface area (Å²) in [5.74, 6) is 0.488. The molecule has 0 spiro atoms. The third-order valence-corrected chi connectivity index (χ3v) is 5.12. The smallest absolute Gasteiger partial charge is 0.416 e. The summed E-state index contributed by atoms with van der Waals surface area (Å²) < 4.78 is 49.9. The molecule has 1 aromatic carbocycles. The Bertz CT molecular complexity index is 887. The van der Waals surface area contributed by atoms with Crippen LogP contribution in [0.25, 0.3) is 0 Å². The van der Waals surface area contributed by atoms with Gasteiger partial charge in [0.05, 0.1) is 22.8 Å². The molecule has 1 atom stereocenters. The highest BCUT2D eigenvalue weighted by Crippen LogP contribution is 2.29. The van der Waals surface area contributed by atoms with Crippen molar-refractivity contribution in [3.05, 3.63) is 57.3 Å². The van der Waals surface area contributed by atoms with E-state index in [2.05, 4.69) is 26.2 Å². The van der Waals surface area contributed by atoms with Gasteiger partial charge in [-0.25, -0.2) is 9.78 Å². The number of alkyl halides is 3. The standard InChI is InChI=1S/C21H23BrClF3N2O3/c1-20(2,3)31-19(29)28-15(8-9-30-16-11-17(22)18(23)27-12-16)10-13-4-6-14(7-5-13)21(24,25)26/h4-7,11-12,15H,8-10H2,1-3H3,(H,28,29). The Morgan fingerprint density at radius 3 is 2.42 bits per heavy atom. The predicted molar refractivity (Wildman–Crippen MR) is 115 cm³/mol. The number of halogens is 5. The van der Waals surface area contributed by atoms with Crippen molar-refractivity contribution in [2.24, 2.45) is 0 Å². The van der Waals surface area contributed by atoms with Gasteiger partial charge in [0.15, 0.2) is 0 Å². The largest absolute Gasteiger partial charge is 0.492 e. The van der Waals surface area contributed by atoms with E-state index in [1.165, 1.54) is 18.3 Å². The number of amides is 1. The van der Waals surface area contributed by atoms with Gasteiger partial charge in [-0.05, 0) is 66.9 Å². The van der Waals surface area contributed by atoms with Gasteiger partial charge in [0.25, 0.3) is 0 Å². The van der Waals surface area contributed by atoms with Crippen LogP contribution in [0.15, 0.2) is 41.0 Å². The first-order chi connectivity index (χ1) is 14.3. The number of pyridine rings is 1. The summed E-state index contributed by atoms with van der Waals surface area (Å²) >= 11 is 9.12. The average molecular weight is 524 g/mol. The van der Waals surface area contributed by atoms with E-state index in [-0.39, 0.29) is 6.61 Å². The van der Waals surface area contributed by atoms with Crippen molar-refractivity contribution >= 4 is 33.6 Å². The van der Waals surface area contributed by atoms with E-state index in [1.807, 2.05) is 0 Å². The Kier molecular flexibility index (Phi) is 8.59. The zero-order chi connectivity index (χ0) is 23.2. The topological polar surface area (TPSA) is 60.5 Å². The monoisotopic (exact) mass is 522 g/mol. The van der Waals surface area contributed by atoms with Crippen LogP contribution in [0, 0.1) is 0 Å². The molecule has 10 heteroatoms. The molecule has 0 fully saturated rings. The van der Waals surface area contributed by atoms with Crippen LogP contribution in [0.4, 0.5) is 18.0 Å². The molecule has 1 amide bonds. The van der Waals surface area contributed by atoms with Crippen molar-refractivity contribution in [3.63, 3.8) is 0 Å². The Morgan fingerprint density at radius 2 is 1.87 bits per heavy atom. The average Bonchev–Trinajstić information content (AvgIpc) is 2.62. The lowest BCUT2D eigenvalue weighted by atomic mass is 10.0. The van der Waals surface area contributed by atoms with Gasteiger partial charge < -0.3 is 14.8 Å². The van der Waals surface area contributed by atoms with Gasteiger partial charge in [-0.1, -0.05) is 23.7 Å². The molecule has 1 N–H and O–H groups in total. The molecule has 2 aromatic rings. The molecule has 1 heterocycles. The van der Waals surface area contributed by atoms with E-state index in [0.29, 0.717) is 33.8 Å². The van der Waals surface area contributed by atoms with Crippen molar-refractivity contribution in [3.8, 4) is 5.75 Å². The first-order valence-corrected chi connectivity index (χ1v) is 10.6. The molecule has 0 aliphatic rings. The molecule has 2 rings (SSSR count). The second-order valence-electron chi connectivity index (χ2n) is 7.82. The van der Waals surface area contributed by atoms with Gasteiger partial charge in [-0.3, -0.25) is 0 Å². The second kappa shape index (κ2) is 10.5. The molecule has 0 aliphatic heterocycles. The Balaban J connectivity index is 2.04. The van der Waals surface area contributed by atoms with Gasteiger partial charge in [0.1, 0.15) is 16.5 Å². The van der Waals surface area contributed by atoms with Crippen LogP contribution in [0.2, 0.25) is 5.15 Å². The maximum Gasteiger partial charge on any atom is 0.416 e. The lowest BCUT2D eigenvalue weighted by Gasteiger charge is -2.24. The maximum atomic E-state index is 12.8.